The van der Waals surface area contributed by atoms with Crippen molar-refractivity contribution in [2.45, 2.75) is 231 Å². The molecule has 0 bridgehead atoms. The minimum absolute atomic E-state index is 0.103. The van der Waals surface area contributed by atoms with Crippen LogP contribution in [0.25, 0.3) is 0 Å². The molecule has 0 saturated heterocycles. The van der Waals surface area contributed by atoms with Crippen LogP contribution in [0.2, 0.25) is 0 Å². The molecule has 4 aliphatic carbocycles. The third kappa shape index (κ3) is 10.4. The molecular formula is C45H78O8. The summed E-state index contributed by atoms with van der Waals surface area (Å²) in [6.45, 7) is 11.5. The number of esters is 1. The van der Waals surface area contributed by atoms with E-state index >= 15 is 0 Å². The van der Waals surface area contributed by atoms with E-state index in [1.165, 1.54) is 77.0 Å². The molecule has 0 spiro atoms. The van der Waals surface area contributed by atoms with Crippen molar-refractivity contribution in [2.24, 2.45) is 28.6 Å². The third-order valence-corrected chi connectivity index (χ3v) is 14.8. The second kappa shape index (κ2) is 18.7. The van der Waals surface area contributed by atoms with Crippen molar-refractivity contribution in [2.75, 3.05) is 0 Å². The van der Waals surface area contributed by atoms with Crippen molar-refractivity contribution >= 4 is 11.8 Å². The van der Waals surface area contributed by atoms with Gasteiger partial charge in [-0.15, -0.1) is 0 Å². The third-order valence-electron chi connectivity index (χ3n) is 14.8. The fourth-order valence-corrected chi connectivity index (χ4v) is 11.3. The summed E-state index contributed by atoms with van der Waals surface area (Å²) in [5.74, 6) is -1.38. The molecule has 8 heteroatoms. The van der Waals surface area contributed by atoms with Crippen LogP contribution in [0.1, 0.15) is 196 Å². The van der Waals surface area contributed by atoms with Gasteiger partial charge in [0.25, 0.3) is 0 Å². The molecular weight excluding hydrogens is 668 g/mol. The summed E-state index contributed by atoms with van der Waals surface area (Å²) in [6, 6.07) is 0. The van der Waals surface area contributed by atoms with Crippen molar-refractivity contribution in [1.29, 1.82) is 0 Å². The highest BCUT2D eigenvalue weighted by Crippen LogP contribution is 2.68. The predicted octanol–water partition coefficient (Wildman–Crippen LogP) is 8.67. The minimum Gasteiger partial charge on any atom is -0.459 e. The standard InChI is InChI=1S/C45H78O8/c1-7-8-9-10-11-12-13-14-15-16-17-18-19-20-21-22-40(49)53-39(25-26-41(2,3)50)44(6,51)38-24-28-45(52)33-29-35(46)34-30-36(47)37(48)31-42(34,4)32(33)23-27-43(38,45)5/h29,32,34,36-39,47-48,50-52H,7-28,30-31H2,1-6H3/t32-,34-,36+,37-,38-,39?,42+,43+,44+,45+/m0/s1. The molecule has 10 atom stereocenters. The molecule has 5 N–H and O–H groups in total. The number of allylic oxidation sites excluding steroid dienone is 1. The molecule has 3 fully saturated rings. The van der Waals surface area contributed by atoms with Gasteiger partial charge in [-0.1, -0.05) is 111 Å². The number of aliphatic hydroxyl groups is 5. The van der Waals surface area contributed by atoms with E-state index in [1.54, 1.807) is 26.8 Å². The van der Waals surface area contributed by atoms with E-state index in [0.717, 1.165) is 19.3 Å². The Balaban J connectivity index is 1.32. The average Bonchev–Trinajstić information content (AvgIpc) is 3.37. The van der Waals surface area contributed by atoms with E-state index in [1.807, 2.05) is 13.8 Å². The smallest absolute Gasteiger partial charge is 0.306 e. The van der Waals surface area contributed by atoms with Gasteiger partial charge in [-0.25, -0.2) is 0 Å². The zero-order chi connectivity index (χ0) is 39.1. The number of fused-ring (bicyclic) bond motifs is 5. The van der Waals surface area contributed by atoms with E-state index in [2.05, 4.69) is 6.92 Å². The number of ketones is 1. The lowest BCUT2D eigenvalue weighted by Crippen LogP contribution is -2.63. The molecule has 8 nitrogen and oxygen atoms in total. The fourth-order valence-electron chi connectivity index (χ4n) is 11.3. The molecule has 1 unspecified atom stereocenters. The molecule has 0 amide bonds. The number of hydrogen-bond acceptors (Lipinski definition) is 8. The van der Waals surface area contributed by atoms with Crippen molar-refractivity contribution in [3.63, 3.8) is 0 Å². The number of unbranched alkanes of at least 4 members (excludes halogenated alkanes) is 14. The van der Waals surface area contributed by atoms with E-state index in [9.17, 15) is 35.1 Å². The SMILES string of the molecule is CCCCCCCCCCCCCCCCCC(=O)OC(CCC(C)(C)O)[C@](C)(O)[C@H]1CC[C@@]2(O)C3=CC(=O)[C@@H]4C[C@@H](O)[C@@H](O)C[C@]4(C)[C@H]3CC[C@]12C. The van der Waals surface area contributed by atoms with Crippen molar-refractivity contribution in [3.8, 4) is 0 Å². The Hall–Kier alpha value is -1.32. The molecule has 0 aromatic heterocycles. The van der Waals surface area contributed by atoms with Gasteiger partial charge >= 0.3 is 5.97 Å². The van der Waals surface area contributed by atoms with E-state index < -0.39 is 57.8 Å². The first-order valence-corrected chi connectivity index (χ1v) is 21.9. The molecule has 53 heavy (non-hydrogen) atoms. The van der Waals surface area contributed by atoms with Gasteiger partial charge in [0.05, 0.1) is 23.4 Å². The van der Waals surface area contributed by atoms with Crippen LogP contribution in [-0.2, 0) is 14.3 Å². The largest absolute Gasteiger partial charge is 0.459 e. The van der Waals surface area contributed by atoms with Crippen molar-refractivity contribution in [3.05, 3.63) is 11.6 Å². The minimum atomic E-state index is -1.49. The Morgan fingerprint density at radius 1 is 0.830 bits per heavy atom. The van der Waals surface area contributed by atoms with Crippen LogP contribution in [0.15, 0.2) is 11.6 Å². The van der Waals surface area contributed by atoms with Crippen LogP contribution in [-0.4, -0.2) is 72.4 Å². The topological polar surface area (TPSA) is 145 Å². The summed E-state index contributed by atoms with van der Waals surface area (Å²) in [4.78, 5) is 26.9. The number of rotatable bonds is 22. The molecule has 0 aromatic carbocycles. The van der Waals surface area contributed by atoms with Crippen LogP contribution in [0.3, 0.4) is 0 Å². The normalized spacial score (nSPS) is 34.4. The molecule has 0 aromatic rings. The van der Waals surface area contributed by atoms with Gasteiger partial charge in [-0.05, 0) is 107 Å². The van der Waals surface area contributed by atoms with Gasteiger partial charge in [0, 0.05) is 17.8 Å². The molecule has 4 rings (SSSR count). The van der Waals surface area contributed by atoms with Crippen molar-refractivity contribution in [1.82, 2.24) is 0 Å². The van der Waals surface area contributed by atoms with E-state index in [0.29, 0.717) is 44.1 Å². The molecule has 4 aliphatic rings. The molecule has 306 valence electrons. The molecule has 3 saturated carbocycles. The second-order valence-electron chi connectivity index (χ2n) is 19.4. The Labute approximate surface area is 321 Å². The predicted molar refractivity (Wildman–Crippen MR) is 210 cm³/mol. The van der Waals surface area contributed by atoms with Gasteiger partial charge in [0.2, 0.25) is 0 Å². The lowest BCUT2D eigenvalue weighted by Gasteiger charge is -2.60. The maximum absolute atomic E-state index is 13.6. The lowest BCUT2D eigenvalue weighted by molar-refractivity contribution is -0.194. The van der Waals surface area contributed by atoms with E-state index in [-0.39, 0.29) is 36.9 Å². The summed E-state index contributed by atoms with van der Waals surface area (Å²) in [5.41, 5.74) is -4.50. The molecule has 0 aliphatic heterocycles. The Kier molecular flexibility index (Phi) is 15.7. The van der Waals surface area contributed by atoms with Crippen LogP contribution in [0.4, 0.5) is 0 Å². The van der Waals surface area contributed by atoms with Crippen LogP contribution >= 0.6 is 0 Å². The van der Waals surface area contributed by atoms with Gasteiger partial charge in [0.15, 0.2) is 5.78 Å². The van der Waals surface area contributed by atoms with Crippen LogP contribution in [0, 0.1) is 28.6 Å². The van der Waals surface area contributed by atoms with Gasteiger partial charge in [-0.2, -0.15) is 0 Å². The summed E-state index contributed by atoms with van der Waals surface area (Å²) < 4.78 is 6.13. The summed E-state index contributed by atoms with van der Waals surface area (Å²) in [7, 11) is 0. The quantitative estimate of drug-likeness (QED) is 0.0547. The maximum Gasteiger partial charge on any atom is 0.306 e. The zero-order valence-corrected chi connectivity index (χ0v) is 34.5. The first kappa shape index (κ1) is 44.4. The average molecular weight is 747 g/mol. The monoisotopic (exact) mass is 747 g/mol. The summed E-state index contributed by atoms with van der Waals surface area (Å²) in [5, 5.41) is 56.9. The zero-order valence-electron chi connectivity index (χ0n) is 34.5. The van der Waals surface area contributed by atoms with E-state index in [4.69, 9.17) is 4.74 Å². The van der Waals surface area contributed by atoms with Crippen molar-refractivity contribution < 1.29 is 39.9 Å². The number of ether oxygens (including phenoxy) is 1. The fraction of sp³-hybridized carbons (Fsp3) is 0.911. The van der Waals surface area contributed by atoms with Gasteiger partial charge in [0.1, 0.15) is 11.7 Å². The Morgan fingerprint density at radius 2 is 1.38 bits per heavy atom. The highest BCUT2D eigenvalue weighted by Gasteiger charge is 2.69. The number of carbonyl (C=O) groups is 2. The molecule has 0 radical (unpaired) electrons. The maximum atomic E-state index is 13.6. The number of hydrogen-bond donors (Lipinski definition) is 5. The first-order chi connectivity index (χ1) is 24.9. The Morgan fingerprint density at radius 3 is 1.92 bits per heavy atom. The van der Waals surface area contributed by atoms with Gasteiger partial charge in [-0.3, -0.25) is 9.59 Å². The first-order valence-electron chi connectivity index (χ1n) is 21.9. The molecule has 0 heterocycles. The second-order valence-corrected chi connectivity index (χ2v) is 19.4. The van der Waals surface area contributed by atoms with Crippen LogP contribution < -0.4 is 0 Å². The van der Waals surface area contributed by atoms with Gasteiger partial charge < -0.3 is 30.3 Å². The Bertz CT molecular complexity index is 1220. The lowest BCUT2D eigenvalue weighted by atomic mass is 9.45. The van der Waals surface area contributed by atoms with Crippen LogP contribution in [0.5, 0.6) is 0 Å². The highest BCUT2D eigenvalue weighted by molar-refractivity contribution is 5.95. The number of carbonyl (C=O) groups excluding carboxylic acids is 2. The number of aliphatic hydroxyl groups excluding tert-OH is 2. The summed E-state index contributed by atoms with van der Waals surface area (Å²) in [6.07, 6.45) is 21.2. The highest BCUT2D eigenvalue weighted by atomic mass is 16.6. The summed E-state index contributed by atoms with van der Waals surface area (Å²) >= 11 is 0.